The van der Waals surface area contributed by atoms with Gasteiger partial charge in [-0.3, -0.25) is 10.1 Å². The Morgan fingerprint density at radius 3 is 2.67 bits per heavy atom. The van der Waals surface area contributed by atoms with E-state index in [1.54, 1.807) is 6.92 Å². The van der Waals surface area contributed by atoms with Crippen molar-refractivity contribution >= 4 is 23.0 Å². The van der Waals surface area contributed by atoms with Crippen LogP contribution in [0.1, 0.15) is 18.5 Å². The van der Waals surface area contributed by atoms with E-state index in [0.717, 1.165) is 6.07 Å². The van der Waals surface area contributed by atoms with Gasteiger partial charge in [0.05, 0.1) is 11.0 Å². The number of nitro groups is 1. The van der Waals surface area contributed by atoms with Gasteiger partial charge in [-0.05, 0) is 25.1 Å². The van der Waals surface area contributed by atoms with E-state index in [9.17, 15) is 18.9 Å². The lowest BCUT2D eigenvalue weighted by Gasteiger charge is -2.16. The first kappa shape index (κ1) is 15.2. The van der Waals surface area contributed by atoms with Crippen LogP contribution in [-0.2, 0) is 0 Å². The van der Waals surface area contributed by atoms with Crippen molar-refractivity contribution in [2.45, 2.75) is 13.0 Å². The molecule has 0 aliphatic heterocycles. The van der Waals surface area contributed by atoms with Gasteiger partial charge >= 0.3 is 0 Å². The van der Waals surface area contributed by atoms with Crippen molar-refractivity contribution in [2.75, 3.05) is 5.32 Å². The molecule has 0 spiro atoms. The van der Waals surface area contributed by atoms with Crippen molar-refractivity contribution in [3.63, 3.8) is 0 Å². The molecule has 0 bridgehead atoms. The van der Waals surface area contributed by atoms with Crippen molar-refractivity contribution in [3.8, 4) is 0 Å². The molecule has 0 aliphatic carbocycles. The van der Waals surface area contributed by atoms with Crippen molar-refractivity contribution in [1.29, 1.82) is 0 Å². The first-order valence-electron chi connectivity index (χ1n) is 6.04. The Hall–Kier alpha value is -2.21. The molecule has 0 amide bonds. The molecule has 1 unspecified atom stereocenters. The maximum atomic E-state index is 13.7. The third kappa shape index (κ3) is 3.28. The minimum absolute atomic E-state index is 0.0826. The fourth-order valence-corrected chi connectivity index (χ4v) is 2.11. The molecule has 2 rings (SSSR count). The fourth-order valence-electron chi connectivity index (χ4n) is 1.94. The second-order valence-corrected chi connectivity index (χ2v) is 4.86. The van der Waals surface area contributed by atoms with Gasteiger partial charge in [0.1, 0.15) is 5.69 Å². The van der Waals surface area contributed by atoms with E-state index in [4.69, 9.17) is 11.6 Å². The Morgan fingerprint density at radius 1 is 1.29 bits per heavy atom. The Bertz CT molecular complexity index is 695. The van der Waals surface area contributed by atoms with Gasteiger partial charge in [-0.2, -0.15) is 0 Å². The molecule has 4 nitrogen and oxygen atoms in total. The number of nitro benzene ring substituents is 1. The van der Waals surface area contributed by atoms with Crippen LogP contribution in [-0.4, -0.2) is 4.92 Å². The van der Waals surface area contributed by atoms with Crippen molar-refractivity contribution in [3.05, 3.63) is 68.7 Å². The zero-order valence-corrected chi connectivity index (χ0v) is 11.7. The molecule has 1 N–H and O–H groups in total. The van der Waals surface area contributed by atoms with Gasteiger partial charge in [0.25, 0.3) is 5.69 Å². The highest BCUT2D eigenvalue weighted by Crippen LogP contribution is 2.31. The first-order chi connectivity index (χ1) is 9.90. The molecule has 110 valence electrons. The number of nitrogens with one attached hydrogen (secondary N) is 1. The Balaban J connectivity index is 2.34. The quantitative estimate of drug-likeness (QED) is 0.657. The molecule has 0 radical (unpaired) electrons. The summed E-state index contributed by atoms with van der Waals surface area (Å²) in [4.78, 5) is 10.4. The average Bonchev–Trinajstić information content (AvgIpc) is 2.43. The number of hydrogen-bond donors (Lipinski definition) is 1. The maximum absolute atomic E-state index is 13.7. The lowest BCUT2D eigenvalue weighted by Crippen LogP contribution is -2.10. The van der Waals surface area contributed by atoms with Crippen LogP contribution in [0.5, 0.6) is 0 Å². The summed E-state index contributed by atoms with van der Waals surface area (Å²) < 4.78 is 26.9. The standard InChI is InChI=1S/C14H11ClF2N2O2/c1-8(10-3-2-4-11(16)14(10)17)18-12-6-5-9(15)7-13(12)19(20)21/h2-8,18H,1H3. The zero-order chi connectivity index (χ0) is 15.6. The fraction of sp³-hybridized carbons (Fsp3) is 0.143. The number of hydrogen-bond acceptors (Lipinski definition) is 3. The van der Waals surface area contributed by atoms with Gasteiger partial charge in [-0.15, -0.1) is 0 Å². The normalized spacial score (nSPS) is 12.0. The SMILES string of the molecule is CC(Nc1ccc(Cl)cc1[N+](=O)[O-])c1cccc(F)c1F. The predicted octanol–water partition coefficient (Wildman–Crippen LogP) is 4.70. The molecule has 0 saturated carbocycles. The Kier molecular flexibility index (Phi) is 4.37. The van der Waals surface area contributed by atoms with Crippen LogP contribution in [0.2, 0.25) is 5.02 Å². The van der Waals surface area contributed by atoms with Crippen LogP contribution in [0, 0.1) is 21.7 Å². The minimum atomic E-state index is -0.978. The van der Waals surface area contributed by atoms with Crippen molar-refractivity contribution in [2.24, 2.45) is 0 Å². The third-order valence-corrected chi connectivity index (χ3v) is 3.21. The number of benzene rings is 2. The number of halogens is 3. The van der Waals surface area contributed by atoms with Crippen LogP contribution in [0.3, 0.4) is 0 Å². The molecule has 0 heterocycles. The molecule has 21 heavy (non-hydrogen) atoms. The van der Waals surface area contributed by atoms with Gasteiger partial charge < -0.3 is 5.32 Å². The third-order valence-electron chi connectivity index (χ3n) is 2.98. The lowest BCUT2D eigenvalue weighted by molar-refractivity contribution is -0.384. The monoisotopic (exact) mass is 312 g/mol. The highest BCUT2D eigenvalue weighted by molar-refractivity contribution is 6.30. The molecular weight excluding hydrogens is 302 g/mol. The topological polar surface area (TPSA) is 55.2 Å². The molecule has 2 aromatic carbocycles. The summed E-state index contributed by atoms with van der Waals surface area (Å²) in [6.07, 6.45) is 0. The van der Waals surface area contributed by atoms with Crippen LogP contribution in [0.15, 0.2) is 36.4 Å². The summed E-state index contributed by atoms with van der Waals surface area (Å²) in [5.74, 6) is -1.94. The number of nitrogens with zero attached hydrogens (tertiary/aromatic N) is 1. The van der Waals surface area contributed by atoms with Crippen molar-refractivity contribution in [1.82, 2.24) is 0 Å². The summed E-state index contributed by atoms with van der Waals surface area (Å²) in [6.45, 7) is 1.58. The molecule has 0 aromatic heterocycles. The van der Waals surface area contributed by atoms with E-state index < -0.39 is 22.6 Å². The van der Waals surface area contributed by atoms with Crippen LogP contribution in [0.25, 0.3) is 0 Å². The molecule has 1 atom stereocenters. The summed E-state index contributed by atoms with van der Waals surface area (Å²) >= 11 is 5.72. The van der Waals surface area contributed by atoms with Gasteiger partial charge in [-0.25, -0.2) is 8.78 Å². The largest absolute Gasteiger partial charge is 0.373 e. The Morgan fingerprint density at radius 2 is 2.00 bits per heavy atom. The predicted molar refractivity (Wildman–Crippen MR) is 76.5 cm³/mol. The van der Waals surface area contributed by atoms with Gasteiger partial charge in [0.15, 0.2) is 11.6 Å². The summed E-state index contributed by atoms with van der Waals surface area (Å²) in [5, 5.41) is 14.0. The molecule has 0 saturated heterocycles. The maximum Gasteiger partial charge on any atom is 0.293 e. The smallest absolute Gasteiger partial charge is 0.293 e. The van der Waals surface area contributed by atoms with Crippen LogP contribution < -0.4 is 5.32 Å². The van der Waals surface area contributed by atoms with Gasteiger partial charge in [0, 0.05) is 16.7 Å². The second-order valence-electron chi connectivity index (χ2n) is 4.43. The van der Waals surface area contributed by atoms with Crippen molar-refractivity contribution < 1.29 is 13.7 Å². The number of anilines is 1. The highest BCUT2D eigenvalue weighted by Gasteiger charge is 2.19. The summed E-state index contributed by atoms with van der Waals surface area (Å²) in [7, 11) is 0. The first-order valence-corrected chi connectivity index (χ1v) is 6.42. The van der Waals surface area contributed by atoms with E-state index in [2.05, 4.69) is 5.32 Å². The molecular formula is C14H11ClF2N2O2. The highest BCUT2D eigenvalue weighted by atomic mass is 35.5. The van der Waals surface area contributed by atoms with E-state index >= 15 is 0 Å². The Labute approximate surface area is 124 Å². The second kappa shape index (κ2) is 6.05. The molecule has 0 fully saturated rings. The van der Waals surface area contributed by atoms with Crippen LogP contribution >= 0.6 is 11.6 Å². The minimum Gasteiger partial charge on any atom is -0.373 e. The average molecular weight is 313 g/mol. The summed E-state index contributed by atoms with van der Waals surface area (Å²) in [5.41, 5.74) is 0.0333. The molecule has 7 heteroatoms. The molecule has 2 aromatic rings. The van der Waals surface area contributed by atoms with E-state index in [1.807, 2.05) is 0 Å². The lowest BCUT2D eigenvalue weighted by atomic mass is 10.1. The summed E-state index contributed by atoms with van der Waals surface area (Å²) in [6, 6.07) is 7.25. The molecule has 0 aliphatic rings. The van der Waals surface area contributed by atoms with E-state index in [-0.39, 0.29) is 22.0 Å². The van der Waals surface area contributed by atoms with Crippen LogP contribution in [0.4, 0.5) is 20.2 Å². The van der Waals surface area contributed by atoms with Gasteiger partial charge in [0.2, 0.25) is 0 Å². The van der Waals surface area contributed by atoms with E-state index in [0.29, 0.717) is 0 Å². The van der Waals surface area contributed by atoms with E-state index in [1.165, 1.54) is 30.3 Å². The van der Waals surface area contributed by atoms with Gasteiger partial charge in [-0.1, -0.05) is 23.7 Å². The number of rotatable bonds is 4. The zero-order valence-electron chi connectivity index (χ0n) is 10.9.